The number of hydrogen-bond donors (Lipinski definition) is 1. The summed E-state index contributed by atoms with van der Waals surface area (Å²) in [5.74, 6) is 1.88. The van der Waals surface area contributed by atoms with Crippen LogP contribution < -0.4 is 19.5 Å². The second kappa shape index (κ2) is 8.78. The largest absolute Gasteiger partial charge is 0.491 e. The van der Waals surface area contributed by atoms with Crippen LogP contribution in [-0.2, 0) is 4.79 Å². The molecule has 3 rings (SSSR count). The van der Waals surface area contributed by atoms with Crippen LogP contribution in [0.5, 0.6) is 17.2 Å². The predicted molar refractivity (Wildman–Crippen MR) is 101 cm³/mol. The molecule has 6 nitrogen and oxygen atoms in total. The Morgan fingerprint density at radius 3 is 2.77 bits per heavy atom. The van der Waals surface area contributed by atoms with E-state index in [4.69, 9.17) is 25.8 Å². The minimum absolute atomic E-state index is 0.109. The van der Waals surface area contributed by atoms with Crippen molar-refractivity contribution in [1.82, 2.24) is 4.90 Å². The fourth-order valence-corrected chi connectivity index (χ4v) is 2.71. The molecule has 1 N–H and O–H groups in total. The summed E-state index contributed by atoms with van der Waals surface area (Å²) in [4.78, 5) is 14.1. The molecule has 0 saturated carbocycles. The van der Waals surface area contributed by atoms with Crippen molar-refractivity contribution in [2.24, 2.45) is 0 Å². The maximum atomic E-state index is 12.2. The summed E-state index contributed by atoms with van der Waals surface area (Å²) in [6, 6.07) is 12.7. The number of rotatable bonds is 7. The summed E-state index contributed by atoms with van der Waals surface area (Å²) >= 11 is 6.04. The summed E-state index contributed by atoms with van der Waals surface area (Å²) in [6.07, 6.45) is 0. The molecule has 0 fully saturated rings. The molecule has 1 heterocycles. The van der Waals surface area contributed by atoms with E-state index >= 15 is 0 Å². The number of nitrogens with one attached hydrogen (secondary N) is 1. The molecule has 0 bridgehead atoms. The van der Waals surface area contributed by atoms with Gasteiger partial charge in [0.05, 0.1) is 11.6 Å². The van der Waals surface area contributed by atoms with Gasteiger partial charge in [-0.1, -0.05) is 23.7 Å². The van der Waals surface area contributed by atoms with Crippen LogP contribution in [0.2, 0.25) is 5.02 Å². The highest BCUT2D eigenvalue weighted by molar-refractivity contribution is 6.32. The average molecular weight is 377 g/mol. The number of anilines is 1. The van der Waals surface area contributed by atoms with E-state index in [2.05, 4.69) is 5.32 Å². The molecule has 0 aliphatic carbocycles. The predicted octanol–water partition coefficient (Wildman–Crippen LogP) is 3.06. The van der Waals surface area contributed by atoms with Gasteiger partial charge in [-0.05, 0) is 31.3 Å². The summed E-state index contributed by atoms with van der Waals surface area (Å²) in [7, 11) is 1.86. The molecule has 2 aromatic carbocycles. The lowest BCUT2D eigenvalue weighted by atomic mass is 10.2. The molecule has 1 aliphatic rings. The number of likely N-dealkylation sites (N-methyl/N-ethyl adjacent to an activating group) is 1. The summed E-state index contributed by atoms with van der Waals surface area (Å²) < 4.78 is 16.6. The second-order valence-corrected chi connectivity index (χ2v) is 6.33. The molecule has 0 aromatic heterocycles. The van der Waals surface area contributed by atoms with Crippen molar-refractivity contribution in [3.63, 3.8) is 0 Å². The minimum Gasteiger partial charge on any atom is -0.491 e. The summed E-state index contributed by atoms with van der Waals surface area (Å²) in [5, 5.41) is 3.44. The van der Waals surface area contributed by atoms with Gasteiger partial charge < -0.3 is 19.5 Å². The molecule has 7 heteroatoms. The Bertz CT molecular complexity index is 769. The Hall–Kier alpha value is -2.44. The van der Waals surface area contributed by atoms with Gasteiger partial charge in [0.15, 0.2) is 11.5 Å². The fraction of sp³-hybridized carbons (Fsp3) is 0.316. The smallest absolute Gasteiger partial charge is 0.238 e. The van der Waals surface area contributed by atoms with E-state index < -0.39 is 0 Å². The van der Waals surface area contributed by atoms with E-state index in [1.54, 1.807) is 24.3 Å². The quantitative estimate of drug-likeness (QED) is 0.804. The minimum atomic E-state index is -0.109. The van der Waals surface area contributed by atoms with Crippen molar-refractivity contribution in [2.45, 2.75) is 0 Å². The third-order valence-corrected chi connectivity index (χ3v) is 4.12. The van der Waals surface area contributed by atoms with Gasteiger partial charge in [-0.25, -0.2) is 0 Å². The molecule has 2 aromatic rings. The van der Waals surface area contributed by atoms with Crippen LogP contribution in [-0.4, -0.2) is 50.8 Å². The maximum Gasteiger partial charge on any atom is 0.238 e. The van der Waals surface area contributed by atoms with Gasteiger partial charge in [0.25, 0.3) is 0 Å². The number of carbonyl (C=O) groups excluding carboxylic acids is 1. The lowest BCUT2D eigenvalue weighted by Gasteiger charge is -2.20. The van der Waals surface area contributed by atoms with Crippen molar-refractivity contribution < 1.29 is 19.0 Å². The number of hydrogen-bond acceptors (Lipinski definition) is 5. The highest BCUT2D eigenvalue weighted by Crippen LogP contribution is 2.32. The van der Waals surface area contributed by atoms with Gasteiger partial charge in [0.2, 0.25) is 5.91 Å². The first-order valence-electron chi connectivity index (χ1n) is 8.37. The van der Waals surface area contributed by atoms with E-state index in [0.717, 1.165) is 0 Å². The molecule has 0 spiro atoms. The first-order valence-corrected chi connectivity index (χ1v) is 8.75. The Kier molecular flexibility index (Phi) is 6.20. The van der Waals surface area contributed by atoms with Gasteiger partial charge >= 0.3 is 0 Å². The molecule has 0 unspecified atom stereocenters. The molecule has 138 valence electrons. The van der Waals surface area contributed by atoms with Crippen LogP contribution >= 0.6 is 11.6 Å². The zero-order valence-corrected chi connectivity index (χ0v) is 15.3. The van der Waals surface area contributed by atoms with Crippen molar-refractivity contribution in [3.8, 4) is 17.2 Å². The van der Waals surface area contributed by atoms with Crippen LogP contribution in [0.3, 0.4) is 0 Å². The lowest BCUT2D eigenvalue weighted by Crippen LogP contribution is -2.33. The van der Waals surface area contributed by atoms with E-state index in [-0.39, 0.29) is 12.5 Å². The van der Waals surface area contributed by atoms with Crippen LogP contribution in [0, 0.1) is 0 Å². The van der Waals surface area contributed by atoms with Gasteiger partial charge in [-0.2, -0.15) is 0 Å². The molecule has 0 atom stereocenters. The van der Waals surface area contributed by atoms with E-state index in [0.29, 0.717) is 54.3 Å². The number of carbonyl (C=O) groups is 1. The monoisotopic (exact) mass is 376 g/mol. The molecule has 0 radical (unpaired) electrons. The van der Waals surface area contributed by atoms with Gasteiger partial charge in [-0.3, -0.25) is 9.69 Å². The third kappa shape index (κ3) is 5.03. The zero-order chi connectivity index (χ0) is 18.4. The first-order chi connectivity index (χ1) is 12.6. The molecule has 1 aliphatic heterocycles. The fourth-order valence-electron chi connectivity index (χ4n) is 2.52. The van der Waals surface area contributed by atoms with Gasteiger partial charge in [-0.15, -0.1) is 0 Å². The number of nitrogens with zero attached hydrogens (tertiary/aromatic N) is 1. The molecular weight excluding hydrogens is 356 g/mol. The Morgan fingerprint density at radius 2 is 1.96 bits per heavy atom. The highest BCUT2D eigenvalue weighted by atomic mass is 35.5. The van der Waals surface area contributed by atoms with E-state index in [1.165, 1.54) is 0 Å². The summed E-state index contributed by atoms with van der Waals surface area (Å²) in [6.45, 7) is 2.34. The SMILES string of the molecule is CN(CCOc1ccccc1Cl)CC(=O)Nc1ccc2c(c1)OCCO2. The van der Waals surface area contributed by atoms with Crippen molar-refractivity contribution in [2.75, 3.05) is 45.3 Å². The Balaban J connectivity index is 1.43. The van der Waals surface area contributed by atoms with E-state index in [1.807, 2.05) is 30.1 Å². The highest BCUT2D eigenvalue weighted by Gasteiger charge is 2.13. The number of halogens is 1. The number of benzene rings is 2. The van der Waals surface area contributed by atoms with Crippen LogP contribution in [0.15, 0.2) is 42.5 Å². The van der Waals surface area contributed by atoms with Crippen LogP contribution in [0.1, 0.15) is 0 Å². The standard InChI is InChI=1S/C19H21ClN2O4/c1-22(8-9-24-16-5-3-2-4-15(16)20)13-19(23)21-14-6-7-17-18(12-14)26-11-10-25-17/h2-7,12H,8-11,13H2,1H3,(H,21,23). The zero-order valence-electron chi connectivity index (χ0n) is 14.5. The number of para-hydroxylation sites is 1. The Morgan fingerprint density at radius 1 is 1.19 bits per heavy atom. The van der Waals surface area contributed by atoms with E-state index in [9.17, 15) is 4.79 Å². The van der Waals surface area contributed by atoms with Crippen molar-refractivity contribution in [1.29, 1.82) is 0 Å². The van der Waals surface area contributed by atoms with Gasteiger partial charge in [0, 0.05) is 18.3 Å². The molecule has 1 amide bonds. The number of ether oxygens (including phenoxy) is 3. The van der Waals surface area contributed by atoms with Crippen molar-refractivity contribution >= 4 is 23.2 Å². The molecule has 0 saturated heterocycles. The maximum absolute atomic E-state index is 12.2. The van der Waals surface area contributed by atoms with Crippen LogP contribution in [0.25, 0.3) is 0 Å². The van der Waals surface area contributed by atoms with Crippen molar-refractivity contribution in [3.05, 3.63) is 47.5 Å². The normalized spacial score (nSPS) is 12.7. The topological polar surface area (TPSA) is 60.0 Å². The summed E-state index contributed by atoms with van der Waals surface area (Å²) in [5.41, 5.74) is 0.681. The van der Waals surface area contributed by atoms with Gasteiger partial charge in [0.1, 0.15) is 25.6 Å². The second-order valence-electron chi connectivity index (χ2n) is 5.92. The van der Waals surface area contributed by atoms with Crippen LogP contribution in [0.4, 0.5) is 5.69 Å². The molecular formula is C19H21ClN2O4. The number of amides is 1. The average Bonchev–Trinajstić information content (AvgIpc) is 2.63. The Labute approximate surface area is 157 Å². The number of fused-ring (bicyclic) bond motifs is 1. The third-order valence-electron chi connectivity index (χ3n) is 3.81. The molecule has 26 heavy (non-hydrogen) atoms. The lowest BCUT2D eigenvalue weighted by molar-refractivity contribution is -0.117. The first kappa shape index (κ1) is 18.4.